The first kappa shape index (κ1) is 13.0. The minimum absolute atomic E-state index is 0.213. The molecule has 1 unspecified atom stereocenters. The predicted molar refractivity (Wildman–Crippen MR) is 71.3 cm³/mol. The summed E-state index contributed by atoms with van der Waals surface area (Å²) in [5, 5.41) is 13.8. The topological polar surface area (TPSA) is 45.1 Å². The number of aliphatic hydroxyl groups excluding tert-OH is 1. The van der Waals surface area contributed by atoms with E-state index in [0.717, 1.165) is 13.0 Å². The van der Waals surface area contributed by atoms with E-state index >= 15 is 0 Å². The van der Waals surface area contributed by atoms with Crippen molar-refractivity contribution in [1.29, 1.82) is 0 Å². The molecule has 1 atom stereocenters. The summed E-state index contributed by atoms with van der Waals surface area (Å²) in [6.07, 6.45) is 8.31. The lowest BCUT2D eigenvalue weighted by Crippen LogP contribution is -2.30. The first-order chi connectivity index (χ1) is 8.33. The van der Waals surface area contributed by atoms with Gasteiger partial charge in [0.2, 0.25) is 0 Å². The molecule has 4 heteroatoms. The van der Waals surface area contributed by atoms with Gasteiger partial charge in [-0.05, 0) is 19.3 Å². The molecule has 0 aromatic carbocycles. The van der Waals surface area contributed by atoms with Crippen molar-refractivity contribution in [3.8, 4) is 0 Å². The maximum absolute atomic E-state index is 9.11. The average Bonchev–Trinajstić information content (AvgIpc) is 3.01. The number of thiazole rings is 1. The number of nitrogens with one attached hydrogen (secondary N) is 1. The fourth-order valence-corrected chi connectivity index (χ4v) is 3.39. The summed E-state index contributed by atoms with van der Waals surface area (Å²) in [4.78, 5) is 5.83. The normalized spacial score (nSPS) is 18.7. The van der Waals surface area contributed by atoms with Gasteiger partial charge in [0.25, 0.3) is 0 Å². The highest BCUT2D eigenvalue weighted by molar-refractivity contribution is 7.11. The Labute approximate surface area is 107 Å². The lowest BCUT2D eigenvalue weighted by molar-refractivity contribution is 0.238. The van der Waals surface area contributed by atoms with Crippen LogP contribution in [0, 0.1) is 0 Å². The molecular formula is C13H22N2OS. The predicted octanol–water partition coefficient (Wildman–Crippen LogP) is 2.66. The maximum Gasteiger partial charge on any atom is 0.0959 e. The Kier molecular flexibility index (Phi) is 4.95. The quantitative estimate of drug-likeness (QED) is 0.820. The van der Waals surface area contributed by atoms with Gasteiger partial charge in [0.15, 0.2) is 0 Å². The fraction of sp³-hybridized carbons (Fsp3) is 0.769. The molecule has 1 aromatic rings. The van der Waals surface area contributed by atoms with E-state index in [9.17, 15) is 0 Å². The van der Waals surface area contributed by atoms with Crippen LogP contribution in [0.25, 0.3) is 0 Å². The molecule has 1 aromatic heterocycles. The van der Waals surface area contributed by atoms with E-state index in [1.165, 1.54) is 35.6 Å². The number of hydrogen-bond donors (Lipinski definition) is 2. The van der Waals surface area contributed by atoms with Crippen LogP contribution in [0.4, 0.5) is 0 Å². The molecule has 0 spiro atoms. The molecule has 1 aliphatic rings. The number of aliphatic hydroxyl groups is 1. The summed E-state index contributed by atoms with van der Waals surface area (Å²) in [5.74, 6) is 0.716. The van der Waals surface area contributed by atoms with Crippen LogP contribution in [0.2, 0.25) is 0 Å². The largest absolute Gasteiger partial charge is 0.395 e. The number of hydrogen-bond acceptors (Lipinski definition) is 4. The van der Waals surface area contributed by atoms with Crippen molar-refractivity contribution >= 4 is 11.3 Å². The first-order valence-electron chi connectivity index (χ1n) is 6.62. The molecule has 0 aliphatic heterocycles. The second-order valence-corrected chi connectivity index (χ2v) is 5.96. The molecule has 96 valence electrons. The number of nitrogens with zero attached hydrogens (tertiary/aromatic N) is 1. The van der Waals surface area contributed by atoms with E-state index < -0.39 is 0 Å². The summed E-state index contributed by atoms with van der Waals surface area (Å²) in [5.41, 5.74) is 0. The highest BCUT2D eigenvalue weighted by Gasteiger charge is 2.20. The standard InChI is InChI=1S/C13H22N2OS/c1-2-11(9-16)14-7-12-8-15-13(17-12)10-5-3-4-6-10/h8,10-11,14,16H,2-7,9H2,1H3. The molecule has 17 heavy (non-hydrogen) atoms. The molecule has 2 N–H and O–H groups in total. The van der Waals surface area contributed by atoms with Crippen molar-refractivity contribution in [2.75, 3.05) is 6.61 Å². The Balaban J connectivity index is 1.85. The molecule has 1 fully saturated rings. The number of rotatable bonds is 6. The van der Waals surface area contributed by atoms with Crippen LogP contribution in [0.5, 0.6) is 0 Å². The highest BCUT2D eigenvalue weighted by atomic mass is 32.1. The van der Waals surface area contributed by atoms with E-state index in [-0.39, 0.29) is 12.6 Å². The van der Waals surface area contributed by atoms with Crippen LogP contribution in [0.1, 0.15) is 54.8 Å². The zero-order valence-corrected chi connectivity index (χ0v) is 11.3. The summed E-state index contributed by atoms with van der Waals surface area (Å²) < 4.78 is 0. The van der Waals surface area contributed by atoms with Crippen molar-refractivity contribution in [3.63, 3.8) is 0 Å². The molecule has 3 nitrogen and oxygen atoms in total. The molecule has 2 rings (SSSR count). The van der Waals surface area contributed by atoms with E-state index in [1.807, 2.05) is 17.5 Å². The van der Waals surface area contributed by atoms with Crippen molar-refractivity contribution in [2.45, 2.75) is 57.5 Å². The van der Waals surface area contributed by atoms with Crippen LogP contribution < -0.4 is 5.32 Å². The Morgan fingerprint density at radius 3 is 2.94 bits per heavy atom. The van der Waals surface area contributed by atoms with Gasteiger partial charge >= 0.3 is 0 Å². The second-order valence-electron chi connectivity index (χ2n) is 4.81. The minimum atomic E-state index is 0.213. The summed E-state index contributed by atoms with van der Waals surface area (Å²) >= 11 is 1.84. The summed E-state index contributed by atoms with van der Waals surface area (Å²) in [6.45, 7) is 3.14. The van der Waals surface area contributed by atoms with Gasteiger partial charge in [0.1, 0.15) is 0 Å². The smallest absolute Gasteiger partial charge is 0.0959 e. The zero-order chi connectivity index (χ0) is 12.1. The third-order valence-corrected chi connectivity index (χ3v) is 4.71. The van der Waals surface area contributed by atoms with Gasteiger partial charge in [-0.2, -0.15) is 0 Å². The van der Waals surface area contributed by atoms with E-state index in [0.29, 0.717) is 5.92 Å². The zero-order valence-electron chi connectivity index (χ0n) is 10.5. The SMILES string of the molecule is CCC(CO)NCc1cnc(C2CCCC2)s1. The lowest BCUT2D eigenvalue weighted by atomic mass is 10.1. The Hall–Kier alpha value is -0.450. The van der Waals surface area contributed by atoms with Crippen LogP contribution in [0.3, 0.4) is 0 Å². The molecule has 0 saturated heterocycles. The lowest BCUT2D eigenvalue weighted by Gasteiger charge is -2.12. The van der Waals surface area contributed by atoms with Gasteiger partial charge in [-0.25, -0.2) is 4.98 Å². The van der Waals surface area contributed by atoms with Crippen molar-refractivity contribution < 1.29 is 5.11 Å². The summed E-state index contributed by atoms with van der Waals surface area (Å²) in [6, 6.07) is 0.215. The summed E-state index contributed by atoms with van der Waals surface area (Å²) in [7, 11) is 0. The van der Waals surface area contributed by atoms with E-state index in [4.69, 9.17) is 5.11 Å². The van der Waals surface area contributed by atoms with Gasteiger partial charge in [-0.3, -0.25) is 0 Å². The first-order valence-corrected chi connectivity index (χ1v) is 7.44. The third kappa shape index (κ3) is 3.50. The van der Waals surface area contributed by atoms with Crippen LogP contribution >= 0.6 is 11.3 Å². The molecule has 0 radical (unpaired) electrons. The molecule has 1 aliphatic carbocycles. The van der Waals surface area contributed by atoms with E-state index in [1.54, 1.807) is 0 Å². The Morgan fingerprint density at radius 1 is 1.53 bits per heavy atom. The monoisotopic (exact) mass is 254 g/mol. The molecule has 1 heterocycles. The van der Waals surface area contributed by atoms with Crippen LogP contribution in [-0.4, -0.2) is 22.7 Å². The van der Waals surface area contributed by atoms with Gasteiger partial charge in [-0.15, -0.1) is 11.3 Å². The van der Waals surface area contributed by atoms with Crippen molar-refractivity contribution in [1.82, 2.24) is 10.3 Å². The van der Waals surface area contributed by atoms with Gasteiger partial charge in [0.05, 0.1) is 11.6 Å². The van der Waals surface area contributed by atoms with Gasteiger partial charge < -0.3 is 10.4 Å². The van der Waals surface area contributed by atoms with Gasteiger partial charge in [0, 0.05) is 29.6 Å². The fourth-order valence-electron chi connectivity index (χ4n) is 2.35. The average molecular weight is 254 g/mol. The van der Waals surface area contributed by atoms with Crippen molar-refractivity contribution in [2.24, 2.45) is 0 Å². The van der Waals surface area contributed by atoms with Gasteiger partial charge in [-0.1, -0.05) is 19.8 Å². The second kappa shape index (κ2) is 6.47. The number of aromatic nitrogens is 1. The molecule has 0 bridgehead atoms. The maximum atomic E-state index is 9.11. The molecule has 1 saturated carbocycles. The van der Waals surface area contributed by atoms with Crippen molar-refractivity contribution in [3.05, 3.63) is 16.1 Å². The molecule has 0 amide bonds. The van der Waals surface area contributed by atoms with E-state index in [2.05, 4.69) is 17.2 Å². The third-order valence-electron chi connectivity index (χ3n) is 3.55. The molecular weight excluding hydrogens is 232 g/mol. The van der Waals surface area contributed by atoms with Crippen LogP contribution in [0.15, 0.2) is 6.20 Å². The Morgan fingerprint density at radius 2 is 2.29 bits per heavy atom. The Bertz CT molecular complexity index is 330. The minimum Gasteiger partial charge on any atom is -0.395 e. The van der Waals surface area contributed by atoms with Crippen LogP contribution in [-0.2, 0) is 6.54 Å². The highest BCUT2D eigenvalue weighted by Crippen LogP contribution is 2.35.